The summed E-state index contributed by atoms with van der Waals surface area (Å²) >= 11 is 0. The topological polar surface area (TPSA) is 88.9 Å². The van der Waals surface area contributed by atoms with E-state index in [-0.39, 0.29) is 0 Å². The number of aromatic nitrogens is 4. The molecule has 2 heterocycles. The SMILES string of the molecule is Cc1nc(COc2ccc(CNc3ccc4[nH]ncc4c3)cc2)no1. The average Bonchev–Trinajstić information content (AvgIpc) is 3.27. The molecule has 0 aliphatic heterocycles. The predicted octanol–water partition coefficient (Wildman–Crippen LogP) is 3.45. The van der Waals surface area contributed by atoms with Crippen LogP contribution in [0.4, 0.5) is 5.69 Å². The predicted molar refractivity (Wildman–Crippen MR) is 93.2 cm³/mol. The molecule has 0 amide bonds. The van der Waals surface area contributed by atoms with Gasteiger partial charge in [-0.05, 0) is 35.9 Å². The molecule has 7 heteroatoms. The van der Waals surface area contributed by atoms with Crippen LogP contribution in [0.1, 0.15) is 17.3 Å². The monoisotopic (exact) mass is 335 g/mol. The lowest BCUT2D eigenvalue weighted by molar-refractivity contribution is 0.285. The van der Waals surface area contributed by atoms with Crippen molar-refractivity contribution in [1.29, 1.82) is 0 Å². The van der Waals surface area contributed by atoms with Crippen molar-refractivity contribution in [2.45, 2.75) is 20.1 Å². The minimum atomic E-state index is 0.291. The molecule has 0 unspecified atom stereocenters. The zero-order valence-corrected chi connectivity index (χ0v) is 13.7. The maximum absolute atomic E-state index is 5.65. The second kappa shape index (κ2) is 6.64. The van der Waals surface area contributed by atoms with Crippen molar-refractivity contribution in [3.8, 4) is 5.75 Å². The van der Waals surface area contributed by atoms with Crippen LogP contribution in [-0.4, -0.2) is 20.3 Å². The second-order valence-corrected chi connectivity index (χ2v) is 5.69. The molecule has 126 valence electrons. The summed E-state index contributed by atoms with van der Waals surface area (Å²) in [6.45, 7) is 2.77. The van der Waals surface area contributed by atoms with Crippen LogP contribution in [0.5, 0.6) is 5.75 Å². The number of hydrogen-bond acceptors (Lipinski definition) is 6. The molecule has 0 atom stereocenters. The van der Waals surface area contributed by atoms with Crippen molar-refractivity contribution < 1.29 is 9.26 Å². The summed E-state index contributed by atoms with van der Waals surface area (Å²) in [5.41, 5.74) is 3.25. The van der Waals surface area contributed by atoms with Crippen LogP contribution < -0.4 is 10.1 Å². The Hall–Kier alpha value is -3.35. The fourth-order valence-corrected chi connectivity index (χ4v) is 2.51. The van der Waals surface area contributed by atoms with Gasteiger partial charge in [-0.2, -0.15) is 10.1 Å². The van der Waals surface area contributed by atoms with Gasteiger partial charge in [-0.1, -0.05) is 17.3 Å². The van der Waals surface area contributed by atoms with Crippen molar-refractivity contribution in [3.63, 3.8) is 0 Å². The molecule has 2 aromatic carbocycles. The van der Waals surface area contributed by atoms with Gasteiger partial charge in [-0.3, -0.25) is 5.10 Å². The molecule has 7 nitrogen and oxygen atoms in total. The number of aryl methyl sites for hydroxylation is 1. The lowest BCUT2D eigenvalue weighted by Crippen LogP contribution is -2.00. The largest absolute Gasteiger partial charge is 0.485 e. The number of H-pyrrole nitrogens is 1. The van der Waals surface area contributed by atoms with E-state index in [4.69, 9.17) is 9.26 Å². The molecule has 0 saturated carbocycles. The first-order chi connectivity index (χ1) is 12.3. The Balaban J connectivity index is 1.33. The van der Waals surface area contributed by atoms with Gasteiger partial charge in [0.2, 0.25) is 11.7 Å². The fourth-order valence-electron chi connectivity index (χ4n) is 2.51. The van der Waals surface area contributed by atoms with Crippen LogP contribution in [0, 0.1) is 6.92 Å². The van der Waals surface area contributed by atoms with Gasteiger partial charge in [0.05, 0.1) is 11.7 Å². The lowest BCUT2D eigenvalue weighted by atomic mass is 10.2. The standard InChI is InChI=1S/C18H17N5O2/c1-12-21-18(23-25-12)11-24-16-5-2-13(3-6-16)9-19-15-4-7-17-14(8-15)10-20-22-17/h2-8,10,19H,9,11H2,1H3,(H,20,22). The van der Waals surface area contributed by atoms with Crippen molar-refractivity contribution >= 4 is 16.6 Å². The smallest absolute Gasteiger partial charge is 0.223 e. The molecular weight excluding hydrogens is 318 g/mol. The van der Waals surface area contributed by atoms with Crippen molar-refractivity contribution in [2.24, 2.45) is 0 Å². The molecule has 0 aliphatic rings. The molecule has 4 aromatic rings. The highest BCUT2D eigenvalue weighted by Gasteiger charge is 2.03. The van der Waals surface area contributed by atoms with Crippen LogP contribution in [0.15, 0.2) is 53.2 Å². The minimum absolute atomic E-state index is 0.291. The van der Waals surface area contributed by atoms with Gasteiger partial charge in [-0.15, -0.1) is 0 Å². The van der Waals surface area contributed by atoms with Gasteiger partial charge < -0.3 is 14.6 Å². The number of nitrogens with zero attached hydrogens (tertiary/aromatic N) is 3. The molecular formula is C18H17N5O2. The molecule has 0 aliphatic carbocycles. The maximum atomic E-state index is 5.65. The van der Waals surface area contributed by atoms with E-state index in [2.05, 4.69) is 31.7 Å². The number of rotatable bonds is 6. The lowest BCUT2D eigenvalue weighted by Gasteiger charge is -2.08. The molecule has 0 bridgehead atoms. The van der Waals surface area contributed by atoms with Crippen molar-refractivity contribution in [1.82, 2.24) is 20.3 Å². The number of ether oxygens (including phenoxy) is 1. The molecule has 25 heavy (non-hydrogen) atoms. The highest BCUT2D eigenvalue weighted by atomic mass is 16.5. The van der Waals surface area contributed by atoms with Gasteiger partial charge in [0.25, 0.3) is 0 Å². The minimum Gasteiger partial charge on any atom is -0.485 e. The Morgan fingerprint density at radius 1 is 1.16 bits per heavy atom. The first-order valence-electron chi connectivity index (χ1n) is 7.94. The van der Waals surface area contributed by atoms with Crippen LogP contribution in [-0.2, 0) is 13.2 Å². The summed E-state index contributed by atoms with van der Waals surface area (Å²) < 4.78 is 10.6. The normalized spacial score (nSPS) is 10.9. The second-order valence-electron chi connectivity index (χ2n) is 5.69. The zero-order valence-electron chi connectivity index (χ0n) is 13.7. The third-order valence-corrected chi connectivity index (χ3v) is 3.80. The summed E-state index contributed by atoms with van der Waals surface area (Å²) in [6.07, 6.45) is 1.82. The van der Waals surface area contributed by atoms with E-state index in [1.54, 1.807) is 6.92 Å². The van der Waals surface area contributed by atoms with E-state index in [0.717, 1.165) is 34.4 Å². The first kappa shape index (κ1) is 15.2. The van der Waals surface area contributed by atoms with Gasteiger partial charge >= 0.3 is 0 Å². The summed E-state index contributed by atoms with van der Waals surface area (Å²) in [5.74, 6) is 1.84. The van der Waals surface area contributed by atoms with Gasteiger partial charge in [0.15, 0.2) is 6.61 Å². The van der Waals surface area contributed by atoms with Crippen LogP contribution >= 0.6 is 0 Å². The number of anilines is 1. The van der Waals surface area contributed by atoms with E-state index in [0.29, 0.717) is 18.3 Å². The summed E-state index contributed by atoms with van der Waals surface area (Å²) in [4.78, 5) is 4.10. The van der Waals surface area contributed by atoms with E-state index < -0.39 is 0 Å². The first-order valence-corrected chi connectivity index (χ1v) is 7.94. The molecule has 2 N–H and O–H groups in total. The van der Waals surface area contributed by atoms with Crippen LogP contribution in [0.3, 0.4) is 0 Å². The molecule has 0 radical (unpaired) electrons. The molecule has 0 fully saturated rings. The summed E-state index contributed by atoms with van der Waals surface area (Å²) in [6, 6.07) is 14.0. The van der Waals surface area contributed by atoms with Gasteiger partial charge in [0, 0.05) is 24.5 Å². The van der Waals surface area contributed by atoms with Gasteiger partial charge in [0.1, 0.15) is 5.75 Å². The number of nitrogens with one attached hydrogen (secondary N) is 2. The van der Waals surface area contributed by atoms with E-state index in [1.165, 1.54) is 0 Å². The third-order valence-electron chi connectivity index (χ3n) is 3.80. The average molecular weight is 335 g/mol. The summed E-state index contributed by atoms with van der Waals surface area (Å²) in [7, 11) is 0. The van der Waals surface area contributed by atoms with Gasteiger partial charge in [-0.25, -0.2) is 0 Å². The fraction of sp³-hybridized carbons (Fsp3) is 0.167. The Morgan fingerprint density at radius 2 is 2.04 bits per heavy atom. The van der Waals surface area contributed by atoms with E-state index >= 15 is 0 Å². The third kappa shape index (κ3) is 3.60. The summed E-state index contributed by atoms with van der Waals surface area (Å²) in [5, 5.41) is 15.3. The van der Waals surface area contributed by atoms with E-state index in [9.17, 15) is 0 Å². The van der Waals surface area contributed by atoms with Crippen LogP contribution in [0.25, 0.3) is 10.9 Å². The Bertz CT molecular complexity index is 974. The molecule has 0 spiro atoms. The number of aromatic amines is 1. The van der Waals surface area contributed by atoms with Crippen molar-refractivity contribution in [2.75, 3.05) is 5.32 Å². The molecule has 4 rings (SSSR count). The Kier molecular flexibility index (Phi) is 4.04. The number of fused-ring (bicyclic) bond motifs is 1. The van der Waals surface area contributed by atoms with E-state index in [1.807, 2.05) is 42.6 Å². The Morgan fingerprint density at radius 3 is 2.84 bits per heavy atom. The molecule has 2 aromatic heterocycles. The maximum Gasteiger partial charge on any atom is 0.223 e. The van der Waals surface area contributed by atoms with Crippen molar-refractivity contribution in [3.05, 3.63) is 65.9 Å². The highest BCUT2D eigenvalue weighted by molar-refractivity contribution is 5.81. The Labute approximate surface area is 144 Å². The molecule has 0 saturated heterocycles. The quantitative estimate of drug-likeness (QED) is 0.561. The zero-order chi connectivity index (χ0) is 17.1. The van der Waals surface area contributed by atoms with Crippen LogP contribution in [0.2, 0.25) is 0 Å². The number of benzene rings is 2. The number of hydrogen-bond donors (Lipinski definition) is 2. The highest BCUT2D eigenvalue weighted by Crippen LogP contribution is 2.18.